The quantitative estimate of drug-likeness (QED) is 0.737. The Morgan fingerprint density at radius 1 is 1.62 bits per heavy atom. The number of carbonyl (C=O) groups excluding carboxylic acids is 1. The lowest BCUT2D eigenvalue weighted by molar-refractivity contribution is -0.126. The molecule has 1 heterocycles. The summed E-state index contributed by atoms with van der Waals surface area (Å²) in [5.74, 6) is 0.523. The van der Waals surface area contributed by atoms with Crippen LogP contribution in [-0.4, -0.2) is 26.2 Å². The van der Waals surface area contributed by atoms with Crippen molar-refractivity contribution >= 4 is 5.91 Å². The normalized spacial score (nSPS) is 18.6. The molecule has 2 rings (SSSR count). The standard InChI is InChI=1S/C10H17N5O/c1-15-7-13-8(14-15)6-12-9(16)10(11)4-2-3-5-10/h7H,2-6,11H2,1H3,(H,12,16). The third-order valence-electron chi connectivity index (χ3n) is 3.00. The van der Waals surface area contributed by atoms with Gasteiger partial charge in [0.15, 0.2) is 5.82 Å². The van der Waals surface area contributed by atoms with Gasteiger partial charge in [-0.3, -0.25) is 9.48 Å². The minimum absolute atomic E-state index is 0.0857. The van der Waals surface area contributed by atoms with E-state index in [1.54, 1.807) is 18.1 Å². The first-order valence-electron chi connectivity index (χ1n) is 5.52. The summed E-state index contributed by atoms with van der Waals surface area (Å²) in [6.07, 6.45) is 5.22. The Kier molecular flexibility index (Phi) is 2.91. The molecule has 6 heteroatoms. The summed E-state index contributed by atoms with van der Waals surface area (Å²) < 4.78 is 1.61. The molecule has 1 fully saturated rings. The molecular formula is C10H17N5O. The van der Waals surface area contributed by atoms with Crippen molar-refractivity contribution in [1.82, 2.24) is 20.1 Å². The van der Waals surface area contributed by atoms with E-state index < -0.39 is 5.54 Å². The molecular weight excluding hydrogens is 206 g/mol. The van der Waals surface area contributed by atoms with Crippen molar-refractivity contribution in [3.05, 3.63) is 12.2 Å². The zero-order valence-electron chi connectivity index (χ0n) is 9.44. The zero-order chi connectivity index (χ0) is 11.6. The average molecular weight is 223 g/mol. The van der Waals surface area contributed by atoms with Crippen molar-refractivity contribution in [3.63, 3.8) is 0 Å². The van der Waals surface area contributed by atoms with Gasteiger partial charge in [-0.15, -0.1) is 0 Å². The summed E-state index contributed by atoms with van der Waals surface area (Å²) in [5, 5.41) is 6.87. The number of aryl methyl sites for hydroxylation is 1. The number of amides is 1. The Labute approximate surface area is 94.2 Å². The fraction of sp³-hybridized carbons (Fsp3) is 0.700. The van der Waals surface area contributed by atoms with Crippen LogP contribution < -0.4 is 11.1 Å². The lowest BCUT2D eigenvalue weighted by atomic mass is 9.98. The first-order chi connectivity index (χ1) is 7.60. The van der Waals surface area contributed by atoms with Crippen molar-refractivity contribution in [3.8, 4) is 0 Å². The van der Waals surface area contributed by atoms with E-state index in [2.05, 4.69) is 15.4 Å². The Morgan fingerprint density at radius 2 is 2.31 bits per heavy atom. The fourth-order valence-corrected chi connectivity index (χ4v) is 2.03. The number of carbonyl (C=O) groups is 1. The molecule has 1 aliphatic carbocycles. The Balaban J connectivity index is 1.88. The minimum Gasteiger partial charge on any atom is -0.347 e. The summed E-state index contributed by atoms with van der Waals surface area (Å²) in [6, 6.07) is 0. The highest BCUT2D eigenvalue weighted by Crippen LogP contribution is 2.27. The van der Waals surface area contributed by atoms with E-state index in [0.29, 0.717) is 12.4 Å². The topological polar surface area (TPSA) is 85.8 Å². The molecule has 0 unspecified atom stereocenters. The first-order valence-corrected chi connectivity index (χ1v) is 5.52. The van der Waals surface area contributed by atoms with Gasteiger partial charge in [0.2, 0.25) is 5.91 Å². The molecule has 0 radical (unpaired) electrons. The van der Waals surface area contributed by atoms with E-state index in [4.69, 9.17) is 5.73 Å². The summed E-state index contributed by atoms with van der Waals surface area (Å²) >= 11 is 0. The van der Waals surface area contributed by atoms with Crippen LogP contribution in [0.2, 0.25) is 0 Å². The van der Waals surface area contributed by atoms with E-state index in [1.807, 2.05) is 0 Å². The van der Waals surface area contributed by atoms with E-state index in [-0.39, 0.29) is 5.91 Å². The molecule has 1 aliphatic rings. The molecule has 16 heavy (non-hydrogen) atoms. The molecule has 0 atom stereocenters. The molecule has 3 N–H and O–H groups in total. The van der Waals surface area contributed by atoms with Gasteiger partial charge in [0.1, 0.15) is 6.33 Å². The lowest BCUT2D eigenvalue weighted by Gasteiger charge is -2.21. The van der Waals surface area contributed by atoms with Crippen molar-refractivity contribution in [2.75, 3.05) is 0 Å². The molecule has 1 amide bonds. The van der Waals surface area contributed by atoms with Gasteiger partial charge < -0.3 is 11.1 Å². The highest BCUT2D eigenvalue weighted by atomic mass is 16.2. The predicted octanol–water partition coefficient (Wildman–Crippen LogP) is -0.297. The molecule has 0 aliphatic heterocycles. The van der Waals surface area contributed by atoms with Crippen LogP contribution in [0, 0.1) is 0 Å². The molecule has 0 bridgehead atoms. The molecule has 6 nitrogen and oxygen atoms in total. The maximum absolute atomic E-state index is 11.8. The van der Waals surface area contributed by atoms with Gasteiger partial charge in [0.05, 0.1) is 12.1 Å². The van der Waals surface area contributed by atoms with Crippen LogP contribution >= 0.6 is 0 Å². The monoisotopic (exact) mass is 223 g/mol. The maximum atomic E-state index is 11.8. The number of nitrogens with two attached hydrogens (primary N) is 1. The third kappa shape index (κ3) is 2.21. The van der Waals surface area contributed by atoms with Crippen LogP contribution in [-0.2, 0) is 18.4 Å². The third-order valence-corrected chi connectivity index (χ3v) is 3.00. The molecule has 88 valence electrons. The second-order valence-electron chi connectivity index (χ2n) is 4.38. The van der Waals surface area contributed by atoms with Crippen molar-refractivity contribution < 1.29 is 4.79 Å². The van der Waals surface area contributed by atoms with E-state index in [0.717, 1.165) is 25.7 Å². The van der Waals surface area contributed by atoms with Crippen LogP contribution in [0.5, 0.6) is 0 Å². The summed E-state index contributed by atoms with van der Waals surface area (Å²) in [4.78, 5) is 15.9. The van der Waals surface area contributed by atoms with Gasteiger partial charge in [0.25, 0.3) is 0 Å². The second-order valence-corrected chi connectivity index (χ2v) is 4.38. The summed E-state index contributed by atoms with van der Waals surface area (Å²) in [7, 11) is 1.79. The lowest BCUT2D eigenvalue weighted by Crippen LogP contribution is -2.51. The summed E-state index contributed by atoms with van der Waals surface area (Å²) in [5.41, 5.74) is 5.34. The number of aromatic nitrogens is 3. The van der Waals surface area contributed by atoms with E-state index in [1.165, 1.54) is 0 Å². The first kappa shape index (κ1) is 11.1. The fourth-order valence-electron chi connectivity index (χ4n) is 2.03. The highest BCUT2D eigenvalue weighted by molar-refractivity contribution is 5.86. The van der Waals surface area contributed by atoms with Crippen molar-refractivity contribution in [2.24, 2.45) is 12.8 Å². The van der Waals surface area contributed by atoms with Crippen molar-refractivity contribution in [2.45, 2.75) is 37.8 Å². The van der Waals surface area contributed by atoms with Crippen LogP contribution in [0.4, 0.5) is 0 Å². The number of nitrogens with one attached hydrogen (secondary N) is 1. The molecule has 0 spiro atoms. The SMILES string of the molecule is Cn1cnc(CNC(=O)C2(N)CCCC2)n1. The van der Waals surface area contributed by atoms with Gasteiger partial charge in [-0.05, 0) is 12.8 Å². The van der Waals surface area contributed by atoms with Crippen LogP contribution in [0.25, 0.3) is 0 Å². The van der Waals surface area contributed by atoms with Gasteiger partial charge in [0, 0.05) is 7.05 Å². The average Bonchev–Trinajstić information content (AvgIpc) is 2.85. The van der Waals surface area contributed by atoms with Crippen molar-refractivity contribution in [1.29, 1.82) is 0 Å². The minimum atomic E-state index is -0.672. The molecule has 0 aromatic carbocycles. The largest absolute Gasteiger partial charge is 0.347 e. The predicted molar refractivity (Wildman–Crippen MR) is 58.2 cm³/mol. The molecule has 1 saturated carbocycles. The van der Waals surface area contributed by atoms with Crippen LogP contribution in [0.15, 0.2) is 6.33 Å². The molecule has 0 saturated heterocycles. The smallest absolute Gasteiger partial charge is 0.240 e. The van der Waals surface area contributed by atoms with Crippen LogP contribution in [0.3, 0.4) is 0 Å². The van der Waals surface area contributed by atoms with Gasteiger partial charge in [-0.25, -0.2) is 4.98 Å². The Morgan fingerprint density at radius 3 is 2.88 bits per heavy atom. The van der Waals surface area contributed by atoms with Gasteiger partial charge in [-0.1, -0.05) is 12.8 Å². The number of hydrogen-bond acceptors (Lipinski definition) is 4. The number of nitrogens with zero attached hydrogens (tertiary/aromatic N) is 3. The summed E-state index contributed by atoms with van der Waals surface area (Å²) in [6.45, 7) is 0.346. The Hall–Kier alpha value is -1.43. The highest BCUT2D eigenvalue weighted by Gasteiger charge is 2.36. The van der Waals surface area contributed by atoms with E-state index >= 15 is 0 Å². The molecule has 1 aromatic heterocycles. The molecule has 1 aromatic rings. The number of rotatable bonds is 3. The number of hydrogen-bond donors (Lipinski definition) is 2. The Bertz CT molecular complexity index is 380. The van der Waals surface area contributed by atoms with E-state index in [9.17, 15) is 4.79 Å². The van der Waals surface area contributed by atoms with Gasteiger partial charge >= 0.3 is 0 Å². The van der Waals surface area contributed by atoms with Gasteiger partial charge in [-0.2, -0.15) is 5.10 Å². The maximum Gasteiger partial charge on any atom is 0.240 e. The van der Waals surface area contributed by atoms with Crippen LogP contribution in [0.1, 0.15) is 31.5 Å². The zero-order valence-corrected chi connectivity index (χ0v) is 9.44. The second kappa shape index (κ2) is 4.21.